The average molecular weight is 279 g/mol. The van der Waals surface area contributed by atoms with E-state index in [0.717, 1.165) is 31.4 Å². The third kappa shape index (κ3) is 3.46. The molecule has 1 saturated heterocycles. The summed E-state index contributed by atoms with van der Waals surface area (Å²) in [5.41, 5.74) is 7.38. The first-order valence-corrected chi connectivity index (χ1v) is 6.99. The van der Waals surface area contributed by atoms with E-state index in [4.69, 9.17) is 10.8 Å². The molecule has 0 aliphatic carbocycles. The summed E-state index contributed by atoms with van der Waals surface area (Å²) in [6.45, 7) is 1.73. The molecule has 1 atom stereocenters. The van der Waals surface area contributed by atoms with Crippen LogP contribution in [0.2, 0.25) is 0 Å². The van der Waals surface area contributed by atoms with Gasteiger partial charge in [-0.15, -0.1) is 0 Å². The Morgan fingerprint density at radius 2 is 2.25 bits per heavy atom. The van der Waals surface area contributed by atoms with Crippen molar-refractivity contribution in [1.29, 1.82) is 0 Å². The number of nitro groups is 1. The number of benzene rings is 1. The molecule has 110 valence electrons. The number of nitrogen functional groups attached to an aromatic ring is 1. The van der Waals surface area contributed by atoms with Crippen molar-refractivity contribution < 1.29 is 10.0 Å². The van der Waals surface area contributed by atoms with Crippen LogP contribution < -0.4 is 5.73 Å². The van der Waals surface area contributed by atoms with Crippen molar-refractivity contribution in [3.8, 4) is 0 Å². The fourth-order valence-corrected chi connectivity index (χ4v) is 2.81. The first-order chi connectivity index (χ1) is 9.61. The summed E-state index contributed by atoms with van der Waals surface area (Å²) in [6.07, 6.45) is 4.10. The molecule has 1 heterocycles. The summed E-state index contributed by atoms with van der Waals surface area (Å²) in [5.74, 6) is 0. The van der Waals surface area contributed by atoms with Crippen LogP contribution in [0, 0.1) is 10.1 Å². The standard InChI is InChI=1S/C14H21N3O3/c15-14-5-4-13(17(19)20)9-11(14)10-16-7-2-1-3-12(16)6-8-18/h4-5,9,12,18H,1-3,6-8,10,15H2. The topological polar surface area (TPSA) is 92.6 Å². The molecule has 20 heavy (non-hydrogen) atoms. The summed E-state index contributed by atoms with van der Waals surface area (Å²) in [5, 5.41) is 20.0. The molecule has 0 saturated carbocycles. The number of hydrogen-bond acceptors (Lipinski definition) is 5. The molecular weight excluding hydrogens is 258 g/mol. The van der Waals surface area contributed by atoms with Gasteiger partial charge in [0.25, 0.3) is 5.69 Å². The minimum atomic E-state index is -0.398. The molecule has 1 aliphatic heterocycles. The lowest BCUT2D eigenvalue weighted by molar-refractivity contribution is -0.384. The molecule has 0 bridgehead atoms. The molecule has 6 heteroatoms. The Balaban J connectivity index is 2.14. The van der Waals surface area contributed by atoms with Crippen molar-refractivity contribution in [1.82, 2.24) is 4.90 Å². The van der Waals surface area contributed by atoms with Crippen LogP contribution in [0.25, 0.3) is 0 Å². The lowest BCUT2D eigenvalue weighted by Gasteiger charge is -2.35. The number of rotatable bonds is 5. The zero-order valence-corrected chi connectivity index (χ0v) is 11.5. The number of hydrogen-bond donors (Lipinski definition) is 2. The van der Waals surface area contributed by atoms with Gasteiger partial charge in [0.15, 0.2) is 0 Å². The monoisotopic (exact) mass is 279 g/mol. The number of piperidine rings is 1. The normalized spacial score (nSPS) is 19.9. The Morgan fingerprint density at radius 1 is 1.45 bits per heavy atom. The molecule has 1 aromatic rings. The lowest BCUT2D eigenvalue weighted by Crippen LogP contribution is -2.39. The summed E-state index contributed by atoms with van der Waals surface area (Å²) in [6, 6.07) is 4.92. The van der Waals surface area contributed by atoms with E-state index >= 15 is 0 Å². The minimum Gasteiger partial charge on any atom is -0.398 e. The van der Waals surface area contributed by atoms with Crippen LogP contribution in [0.4, 0.5) is 11.4 Å². The molecule has 1 aliphatic rings. The average Bonchev–Trinajstić information content (AvgIpc) is 2.43. The Hall–Kier alpha value is -1.66. The van der Waals surface area contributed by atoms with E-state index in [1.165, 1.54) is 12.5 Å². The summed E-state index contributed by atoms with van der Waals surface area (Å²) < 4.78 is 0. The Kier molecular flexibility index (Phi) is 4.92. The van der Waals surface area contributed by atoms with Crippen LogP contribution in [-0.4, -0.2) is 34.1 Å². The number of likely N-dealkylation sites (tertiary alicyclic amines) is 1. The lowest BCUT2D eigenvalue weighted by atomic mass is 9.98. The SMILES string of the molecule is Nc1ccc([N+](=O)[O-])cc1CN1CCCCC1CCO. The largest absolute Gasteiger partial charge is 0.398 e. The molecule has 0 radical (unpaired) electrons. The maximum atomic E-state index is 10.8. The van der Waals surface area contributed by atoms with E-state index in [9.17, 15) is 10.1 Å². The molecule has 0 spiro atoms. The van der Waals surface area contributed by atoms with Crippen molar-refractivity contribution in [2.75, 3.05) is 18.9 Å². The summed E-state index contributed by atoms with van der Waals surface area (Å²) >= 11 is 0. The van der Waals surface area contributed by atoms with Gasteiger partial charge in [0.2, 0.25) is 0 Å². The smallest absolute Gasteiger partial charge is 0.269 e. The van der Waals surface area contributed by atoms with Gasteiger partial charge in [0, 0.05) is 37.0 Å². The number of nitro benzene ring substituents is 1. The molecule has 1 fully saturated rings. The predicted molar refractivity (Wildman–Crippen MR) is 77.3 cm³/mol. The van der Waals surface area contributed by atoms with Crippen molar-refractivity contribution >= 4 is 11.4 Å². The second-order valence-electron chi connectivity index (χ2n) is 5.27. The van der Waals surface area contributed by atoms with Gasteiger partial charge in [-0.25, -0.2) is 0 Å². The second-order valence-corrected chi connectivity index (χ2v) is 5.27. The minimum absolute atomic E-state index is 0.0740. The van der Waals surface area contributed by atoms with Crippen molar-refractivity contribution in [3.05, 3.63) is 33.9 Å². The van der Waals surface area contributed by atoms with Gasteiger partial charge in [0.05, 0.1) is 4.92 Å². The van der Waals surface area contributed by atoms with Crippen LogP contribution in [-0.2, 0) is 6.54 Å². The quantitative estimate of drug-likeness (QED) is 0.488. The van der Waals surface area contributed by atoms with Crippen molar-refractivity contribution in [2.45, 2.75) is 38.3 Å². The van der Waals surface area contributed by atoms with E-state index in [1.54, 1.807) is 12.1 Å². The molecule has 3 N–H and O–H groups in total. The summed E-state index contributed by atoms with van der Waals surface area (Å²) in [4.78, 5) is 12.7. The van der Waals surface area contributed by atoms with E-state index in [2.05, 4.69) is 4.90 Å². The number of nitrogens with two attached hydrogens (primary N) is 1. The molecule has 0 aromatic heterocycles. The van der Waals surface area contributed by atoms with E-state index in [1.807, 2.05) is 0 Å². The first-order valence-electron chi connectivity index (χ1n) is 6.99. The van der Waals surface area contributed by atoms with Gasteiger partial charge in [0.1, 0.15) is 0 Å². The van der Waals surface area contributed by atoms with Crippen molar-refractivity contribution in [3.63, 3.8) is 0 Å². The highest BCUT2D eigenvalue weighted by molar-refractivity contribution is 5.52. The highest BCUT2D eigenvalue weighted by atomic mass is 16.6. The fraction of sp³-hybridized carbons (Fsp3) is 0.571. The van der Waals surface area contributed by atoms with Gasteiger partial charge in [-0.2, -0.15) is 0 Å². The number of nitrogens with zero attached hydrogens (tertiary/aromatic N) is 2. The maximum Gasteiger partial charge on any atom is 0.269 e. The van der Waals surface area contributed by atoms with Gasteiger partial charge >= 0.3 is 0 Å². The van der Waals surface area contributed by atoms with E-state index in [0.29, 0.717) is 18.3 Å². The van der Waals surface area contributed by atoms with Gasteiger partial charge < -0.3 is 10.8 Å². The third-order valence-electron chi connectivity index (χ3n) is 3.92. The number of non-ortho nitro benzene ring substituents is 1. The third-order valence-corrected chi connectivity index (χ3v) is 3.92. The van der Waals surface area contributed by atoms with E-state index < -0.39 is 4.92 Å². The molecule has 0 amide bonds. The Morgan fingerprint density at radius 3 is 2.95 bits per heavy atom. The summed E-state index contributed by atoms with van der Waals surface area (Å²) in [7, 11) is 0. The second kappa shape index (κ2) is 6.67. The van der Waals surface area contributed by atoms with Crippen LogP contribution in [0.5, 0.6) is 0 Å². The fourth-order valence-electron chi connectivity index (χ4n) is 2.81. The van der Waals surface area contributed by atoms with Gasteiger partial charge in [-0.3, -0.25) is 15.0 Å². The molecule has 6 nitrogen and oxygen atoms in total. The molecule has 2 rings (SSSR count). The Labute approximate surface area is 118 Å². The first kappa shape index (κ1) is 14.7. The maximum absolute atomic E-state index is 10.8. The zero-order chi connectivity index (χ0) is 14.5. The number of aliphatic hydroxyl groups excluding tert-OH is 1. The molecular formula is C14H21N3O3. The molecule has 1 aromatic carbocycles. The van der Waals surface area contributed by atoms with Crippen molar-refractivity contribution in [2.24, 2.45) is 0 Å². The van der Waals surface area contributed by atoms with Crippen LogP contribution in [0.15, 0.2) is 18.2 Å². The molecule has 1 unspecified atom stereocenters. The Bertz CT molecular complexity index is 477. The van der Waals surface area contributed by atoms with Crippen LogP contribution in [0.3, 0.4) is 0 Å². The van der Waals surface area contributed by atoms with Crippen LogP contribution in [0.1, 0.15) is 31.2 Å². The highest BCUT2D eigenvalue weighted by Gasteiger charge is 2.23. The zero-order valence-electron chi connectivity index (χ0n) is 11.5. The van der Waals surface area contributed by atoms with E-state index in [-0.39, 0.29) is 12.3 Å². The van der Waals surface area contributed by atoms with Crippen LogP contribution >= 0.6 is 0 Å². The number of aliphatic hydroxyl groups is 1. The number of anilines is 1. The van der Waals surface area contributed by atoms with Gasteiger partial charge in [-0.05, 0) is 37.4 Å². The highest BCUT2D eigenvalue weighted by Crippen LogP contribution is 2.26. The predicted octanol–water partition coefficient (Wildman–Crippen LogP) is 1.91. The van der Waals surface area contributed by atoms with Gasteiger partial charge in [-0.1, -0.05) is 6.42 Å².